The lowest BCUT2D eigenvalue weighted by molar-refractivity contribution is -0.126. The molecule has 2 aliphatic rings. The van der Waals surface area contributed by atoms with Gasteiger partial charge in [0.05, 0.1) is 29.2 Å². The number of imidazole rings is 1. The molecule has 36 heavy (non-hydrogen) atoms. The quantitative estimate of drug-likeness (QED) is 0.430. The van der Waals surface area contributed by atoms with Gasteiger partial charge >= 0.3 is 0 Å². The lowest BCUT2D eigenvalue weighted by Crippen LogP contribution is -2.44. The molecule has 4 aromatic rings. The fourth-order valence-electron chi connectivity index (χ4n) is 5.15. The van der Waals surface area contributed by atoms with Crippen LogP contribution in [0.5, 0.6) is 0 Å². The Balaban J connectivity index is 1.33. The van der Waals surface area contributed by atoms with Crippen LogP contribution in [0.4, 0.5) is 10.3 Å². The van der Waals surface area contributed by atoms with E-state index in [1.807, 2.05) is 35.8 Å². The molecule has 2 aliphatic heterocycles. The largest absolute Gasteiger partial charge is 0.379 e. The van der Waals surface area contributed by atoms with Crippen LogP contribution in [0, 0.1) is 18.7 Å². The number of fused-ring (bicyclic) bond motifs is 2. The second-order valence-corrected chi connectivity index (χ2v) is 10.1. The number of aryl methyl sites for hydroxylation is 1. The molecule has 0 unspecified atom stereocenters. The molecule has 7 nitrogen and oxygen atoms in total. The van der Waals surface area contributed by atoms with Gasteiger partial charge in [0.15, 0.2) is 0 Å². The molecule has 4 heterocycles. The van der Waals surface area contributed by atoms with Gasteiger partial charge in [0.25, 0.3) is 0 Å². The van der Waals surface area contributed by atoms with Crippen molar-refractivity contribution in [2.24, 2.45) is 5.92 Å². The Morgan fingerprint density at radius 1 is 1.08 bits per heavy atom. The number of anilines is 1. The number of ether oxygens (including phenoxy) is 1. The summed E-state index contributed by atoms with van der Waals surface area (Å²) in [5, 5.41) is 4.53. The van der Waals surface area contributed by atoms with E-state index in [1.54, 1.807) is 6.07 Å². The van der Waals surface area contributed by atoms with Crippen LogP contribution >= 0.6 is 11.6 Å². The van der Waals surface area contributed by atoms with Crippen LogP contribution < -0.4 is 10.2 Å². The van der Waals surface area contributed by atoms with Crippen molar-refractivity contribution in [1.29, 1.82) is 0 Å². The maximum atomic E-state index is 13.7. The van der Waals surface area contributed by atoms with E-state index in [1.165, 1.54) is 12.1 Å². The molecule has 9 heteroatoms. The first-order chi connectivity index (χ1) is 17.5. The van der Waals surface area contributed by atoms with Gasteiger partial charge in [0.1, 0.15) is 11.6 Å². The summed E-state index contributed by atoms with van der Waals surface area (Å²) in [4.78, 5) is 24.8. The van der Waals surface area contributed by atoms with Crippen LogP contribution in [0.3, 0.4) is 0 Å². The molecule has 6 rings (SSSR count). The van der Waals surface area contributed by atoms with E-state index in [9.17, 15) is 9.18 Å². The number of hydrogen-bond acceptors (Lipinski definition) is 5. The summed E-state index contributed by atoms with van der Waals surface area (Å²) >= 11 is 6.51. The van der Waals surface area contributed by atoms with E-state index in [0.717, 1.165) is 47.2 Å². The third kappa shape index (κ3) is 4.29. The molecule has 0 bridgehead atoms. The predicted octanol–water partition coefficient (Wildman–Crippen LogP) is 4.80. The zero-order valence-corrected chi connectivity index (χ0v) is 20.8. The van der Waals surface area contributed by atoms with E-state index < -0.39 is 0 Å². The number of carbonyl (C=O) groups excluding carboxylic acids is 1. The summed E-state index contributed by atoms with van der Waals surface area (Å²) in [5.74, 6) is 1.26. The van der Waals surface area contributed by atoms with Crippen molar-refractivity contribution in [3.8, 4) is 5.82 Å². The monoisotopic (exact) mass is 507 g/mol. The number of carbonyl (C=O) groups is 1. The van der Waals surface area contributed by atoms with Gasteiger partial charge in [0, 0.05) is 36.0 Å². The highest BCUT2D eigenvalue weighted by Gasteiger charge is 2.30. The van der Waals surface area contributed by atoms with Crippen LogP contribution in [0.1, 0.15) is 24.8 Å². The third-order valence-corrected chi connectivity index (χ3v) is 7.61. The van der Waals surface area contributed by atoms with Crippen LogP contribution in [0.25, 0.3) is 27.8 Å². The number of pyridine rings is 1. The van der Waals surface area contributed by atoms with E-state index >= 15 is 0 Å². The second kappa shape index (κ2) is 9.33. The number of nitrogens with one attached hydrogen (secondary N) is 1. The van der Waals surface area contributed by atoms with E-state index in [4.69, 9.17) is 26.3 Å². The Bertz CT molecular complexity index is 1460. The summed E-state index contributed by atoms with van der Waals surface area (Å²) in [7, 11) is 0. The third-order valence-electron chi connectivity index (χ3n) is 7.21. The van der Waals surface area contributed by atoms with Crippen LogP contribution in [-0.2, 0) is 9.53 Å². The van der Waals surface area contributed by atoms with Gasteiger partial charge in [-0.2, -0.15) is 0 Å². The first kappa shape index (κ1) is 23.2. The molecular weight excluding hydrogens is 481 g/mol. The molecule has 1 amide bonds. The molecule has 186 valence electrons. The summed E-state index contributed by atoms with van der Waals surface area (Å²) in [6.45, 7) is 4.67. The Kier molecular flexibility index (Phi) is 6.01. The summed E-state index contributed by atoms with van der Waals surface area (Å²) in [6, 6.07) is 12.4. The molecule has 1 atom stereocenters. The van der Waals surface area contributed by atoms with Crippen LogP contribution in [0.2, 0.25) is 5.02 Å². The highest BCUT2D eigenvalue weighted by Crippen LogP contribution is 2.33. The SMILES string of the molecule is Cc1cc2nc(N3CCC(C(=O)N[C@@H]4CCOC4)CC3)n(-c3ccc4cc(F)ccc4n3)c2cc1Cl. The zero-order valence-electron chi connectivity index (χ0n) is 20.0. The minimum Gasteiger partial charge on any atom is -0.379 e. The molecular formula is C27H27ClFN5O2. The van der Waals surface area contributed by atoms with Gasteiger partial charge in [0.2, 0.25) is 11.9 Å². The number of aromatic nitrogens is 3. The van der Waals surface area contributed by atoms with Gasteiger partial charge in [-0.1, -0.05) is 11.6 Å². The minimum atomic E-state index is -0.291. The summed E-state index contributed by atoms with van der Waals surface area (Å²) in [6.07, 6.45) is 2.36. The van der Waals surface area contributed by atoms with Gasteiger partial charge in [-0.3, -0.25) is 9.36 Å². The molecule has 2 aromatic carbocycles. The molecule has 0 radical (unpaired) electrons. The normalized spacial score (nSPS) is 18.9. The number of halogens is 2. The first-order valence-electron chi connectivity index (χ1n) is 12.3. The molecule has 2 saturated heterocycles. The fourth-order valence-corrected chi connectivity index (χ4v) is 5.31. The molecule has 1 N–H and O–H groups in total. The maximum Gasteiger partial charge on any atom is 0.223 e. The molecule has 2 fully saturated rings. The average Bonchev–Trinajstić information content (AvgIpc) is 3.52. The van der Waals surface area contributed by atoms with Crippen molar-refractivity contribution in [2.45, 2.75) is 32.2 Å². The zero-order chi connectivity index (χ0) is 24.8. The van der Waals surface area contributed by atoms with E-state index in [2.05, 4.69) is 10.2 Å². The minimum absolute atomic E-state index is 0.0231. The highest BCUT2D eigenvalue weighted by atomic mass is 35.5. The van der Waals surface area contributed by atoms with Crippen LogP contribution in [0.15, 0.2) is 42.5 Å². The van der Waals surface area contributed by atoms with Crippen molar-refractivity contribution >= 4 is 45.4 Å². The number of hydrogen-bond donors (Lipinski definition) is 1. The smallest absolute Gasteiger partial charge is 0.223 e. The summed E-state index contributed by atoms with van der Waals surface area (Å²) < 4.78 is 21.1. The van der Waals surface area contributed by atoms with Gasteiger partial charge in [-0.15, -0.1) is 0 Å². The molecule has 0 aliphatic carbocycles. The molecule has 0 saturated carbocycles. The topological polar surface area (TPSA) is 72.3 Å². The number of rotatable bonds is 4. The fraction of sp³-hybridized carbons (Fsp3) is 0.370. The van der Waals surface area contributed by atoms with E-state index in [-0.39, 0.29) is 23.7 Å². The van der Waals surface area contributed by atoms with Crippen molar-refractivity contribution in [2.75, 3.05) is 31.2 Å². The van der Waals surface area contributed by atoms with Crippen molar-refractivity contribution < 1.29 is 13.9 Å². The lowest BCUT2D eigenvalue weighted by Gasteiger charge is -2.32. The lowest BCUT2D eigenvalue weighted by atomic mass is 9.95. The van der Waals surface area contributed by atoms with Crippen molar-refractivity contribution in [1.82, 2.24) is 19.9 Å². The van der Waals surface area contributed by atoms with Crippen LogP contribution in [-0.4, -0.2) is 52.8 Å². The Morgan fingerprint density at radius 3 is 2.69 bits per heavy atom. The van der Waals surface area contributed by atoms with Crippen molar-refractivity contribution in [3.05, 3.63) is 58.9 Å². The predicted molar refractivity (Wildman–Crippen MR) is 138 cm³/mol. The summed E-state index contributed by atoms with van der Waals surface area (Å²) in [5.41, 5.74) is 3.34. The Labute approximate surface area is 213 Å². The maximum absolute atomic E-state index is 13.7. The molecule has 2 aromatic heterocycles. The van der Waals surface area contributed by atoms with Gasteiger partial charge in [-0.25, -0.2) is 14.4 Å². The van der Waals surface area contributed by atoms with Gasteiger partial charge in [-0.05, 0) is 74.2 Å². The number of piperidine rings is 1. The highest BCUT2D eigenvalue weighted by molar-refractivity contribution is 6.32. The first-order valence-corrected chi connectivity index (χ1v) is 12.7. The number of amides is 1. The van der Waals surface area contributed by atoms with E-state index in [0.29, 0.717) is 42.7 Å². The number of nitrogens with zero attached hydrogens (tertiary/aromatic N) is 4. The second-order valence-electron chi connectivity index (χ2n) is 9.67. The van der Waals surface area contributed by atoms with Crippen molar-refractivity contribution in [3.63, 3.8) is 0 Å². The standard InChI is InChI=1S/C27H27ClFN5O2/c1-16-12-23-24(14-21(16)28)34(25-5-2-18-13-19(29)3-4-22(18)31-25)27(32-23)33-9-6-17(7-10-33)26(35)30-20-8-11-36-15-20/h2-5,12-14,17,20H,6-11,15H2,1H3,(H,30,35)/t20-/m1/s1. The Morgan fingerprint density at radius 2 is 1.92 bits per heavy atom. The average molecular weight is 508 g/mol. The Hall–Kier alpha value is -3.23. The number of benzene rings is 2. The van der Waals surface area contributed by atoms with Gasteiger partial charge < -0.3 is 15.0 Å². The molecule has 0 spiro atoms.